The van der Waals surface area contributed by atoms with Gasteiger partial charge in [0.05, 0.1) is 11.4 Å². The monoisotopic (exact) mass is 424 g/mol. The van der Waals surface area contributed by atoms with Crippen molar-refractivity contribution >= 4 is 11.4 Å². The van der Waals surface area contributed by atoms with Crippen molar-refractivity contribution in [3.8, 4) is 22.3 Å². The first-order chi connectivity index (χ1) is 15.5. The molecular weight excluding hydrogens is 396 g/mol. The zero-order valence-electron chi connectivity index (χ0n) is 18.9. The van der Waals surface area contributed by atoms with Gasteiger partial charge in [-0.3, -0.25) is 9.97 Å². The maximum atomic E-state index is 11.4. The van der Waals surface area contributed by atoms with Crippen LogP contribution in [0.15, 0.2) is 85.2 Å². The van der Waals surface area contributed by atoms with Gasteiger partial charge in [-0.15, -0.1) is 0 Å². The third-order valence-electron chi connectivity index (χ3n) is 5.58. The lowest BCUT2D eigenvalue weighted by Crippen LogP contribution is -2.09. The van der Waals surface area contributed by atoms with Gasteiger partial charge in [-0.05, 0) is 47.5 Å². The van der Waals surface area contributed by atoms with E-state index in [0.29, 0.717) is 11.4 Å². The summed E-state index contributed by atoms with van der Waals surface area (Å²) < 4.78 is 0. The molecule has 5 heteroatoms. The van der Waals surface area contributed by atoms with Crippen molar-refractivity contribution in [3.05, 3.63) is 96.6 Å². The molecule has 0 fully saturated rings. The second kappa shape index (κ2) is 9.20. The van der Waals surface area contributed by atoms with Crippen LogP contribution in [0.3, 0.4) is 0 Å². The number of rotatable bonds is 6. The minimum Gasteiger partial charge on any atom is -0.380 e. The first-order valence-electron chi connectivity index (χ1n) is 10.6. The predicted octanol–water partition coefficient (Wildman–Crippen LogP) is 5.02. The van der Waals surface area contributed by atoms with Crippen LogP contribution in [0.5, 0.6) is 0 Å². The molecule has 4 rings (SSSR count). The van der Waals surface area contributed by atoms with E-state index in [1.165, 1.54) is 0 Å². The van der Waals surface area contributed by atoms with E-state index in [9.17, 15) is 5.11 Å². The van der Waals surface area contributed by atoms with Crippen molar-refractivity contribution in [3.63, 3.8) is 0 Å². The summed E-state index contributed by atoms with van der Waals surface area (Å²) in [7, 11) is 8.06. The number of benzene rings is 2. The molecule has 0 amide bonds. The Balaban J connectivity index is 1.74. The predicted molar refractivity (Wildman–Crippen MR) is 132 cm³/mol. The minimum absolute atomic E-state index is 0.593. The van der Waals surface area contributed by atoms with Crippen molar-refractivity contribution in [2.24, 2.45) is 0 Å². The first kappa shape index (κ1) is 21.5. The molecule has 0 atom stereocenters. The molecule has 0 saturated heterocycles. The van der Waals surface area contributed by atoms with Gasteiger partial charge in [0, 0.05) is 63.1 Å². The van der Waals surface area contributed by atoms with Gasteiger partial charge < -0.3 is 14.9 Å². The van der Waals surface area contributed by atoms with E-state index in [-0.39, 0.29) is 0 Å². The smallest absolute Gasteiger partial charge is 0.139 e. The van der Waals surface area contributed by atoms with Gasteiger partial charge in [0.15, 0.2) is 0 Å². The number of hydrogen-bond acceptors (Lipinski definition) is 5. The Morgan fingerprint density at radius 2 is 0.969 bits per heavy atom. The molecule has 2 aromatic carbocycles. The summed E-state index contributed by atoms with van der Waals surface area (Å²) in [6.07, 6.45) is 2.47. The van der Waals surface area contributed by atoms with E-state index in [1.807, 2.05) is 52.5 Å². The molecule has 0 radical (unpaired) electrons. The molecule has 0 aliphatic rings. The Morgan fingerprint density at radius 3 is 1.31 bits per heavy atom. The highest BCUT2D eigenvalue weighted by Crippen LogP contribution is 2.35. The van der Waals surface area contributed by atoms with E-state index in [1.54, 1.807) is 12.4 Å². The second-order valence-corrected chi connectivity index (χ2v) is 8.16. The van der Waals surface area contributed by atoms with E-state index < -0.39 is 6.10 Å². The average molecular weight is 425 g/mol. The zero-order chi connectivity index (χ0) is 22.7. The quantitative estimate of drug-likeness (QED) is 0.471. The molecule has 0 aliphatic carbocycles. The Morgan fingerprint density at radius 1 is 0.594 bits per heavy atom. The van der Waals surface area contributed by atoms with Gasteiger partial charge in [-0.2, -0.15) is 0 Å². The molecule has 2 heterocycles. The van der Waals surface area contributed by atoms with Crippen LogP contribution in [-0.2, 0) is 0 Å². The number of nitrogens with zero attached hydrogens (tertiary/aromatic N) is 4. The van der Waals surface area contributed by atoms with E-state index in [2.05, 4.69) is 68.3 Å². The summed E-state index contributed by atoms with van der Waals surface area (Å²) >= 11 is 0. The van der Waals surface area contributed by atoms with Crippen molar-refractivity contribution in [2.75, 3.05) is 38.0 Å². The molecule has 0 aliphatic heterocycles. The molecule has 4 aromatic rings. The third kappa shape index (κ3) is 4.34. The molecule has 0 saturated carbocycles. The molecule has 2 aromatic heterocycles. The van der Waals surface area contributed by atoms with Crippen molar-refractivity contribution in [2.45, 2.75) is 6.10 Å². The second-order valence-electron chi connectivity index (χ2n) is 8.16. The lowest BCUT2D eigenvalue weighted by molar-refractivity contribution is 0.211. The number of pyridine rings is 2. The van der Waals surface area contributed by atoms with Crippen LogP contribution in [0.4, 0.5) is 11.4 Å². The van der Waals surface area contributed by atoms with Crippen LogP contribution in [0, 0.1) is 0 Å². The first-order valence-corrected chi connectivity index (χ1v) is 10.6. The van der Waals surface area contributed by atoms with Gasteiger partial charge in [-0.1, -0.05) is 36.4 Å². The Kier molecular flexibility index (Phi) is 6.19. The fourth-order valence-corrected chi connectivity index (χ4v) is 3.77. The van der Waals surface area contributed by atoms with Gasteiger partial charge in [0.2, 0.25) is 0 Å². The summed E-state index contributed by atoms with van der Waals surface area (Å²) in [6, 6.07) is 24.3. The van der Waals surface area contributed by atoms with E-state index >= 15 is 0 Å². The number of hydrogen-bond donors (Lipinski definition) is 1. The van der Waals surface area contributed by atoms with Crippen LogP contribution in [0.25, 0.3) is 22.3 Å². The fraction of sp³-hybridized carbons (Fsp3) is 0.185. The van der Waals surface area contributed by atoms with Gasteiger partial charge in [0.25, 0.3) is 0 Å². The minimum atomic E-state index is -0.954. The molecule has 5 nitrogen and oxygen atoms in total. The molecule has 32 heavy (non-hydrogen) atoms. The average Bonchev–Trinajstić information content (AvgIpc) is 2.83. The van der Waals surface area contributed by atoms with Gasteiger partial charge in [0.1, 0.15) is 6.10 Å². The summed E-state index contributed by atoms with van der Waals surface area (Å²) in [5.74, 6) is 0. The molecule has 0 bridgehead atoms. The Hall–Kier alpha value is -3.70. The van der Waals surface area contributed by atoms with Crippen LogP contribution >= 0.6 is 0 Å². The molecular formula is C27H28N4O. The Labute approximate surface area is 189 Å². The van der Waals surface area contributed by atoms with E-state index in [0.717, 1.165) is 33.6 Å². The summed E-state index contributed by atoms with van der Waals surface area (Å²) in [5.41, 5.74) is 7.22. The summed E-state index contributed by atoms with van der Waals surface area (Å²) in [4.78, 5) is 13.2. The lowest BCUT2D eigenvalue weighted by atomic mass is 9.95. The normalized spacial score (nSPS) is 10.9. The SMILES string of the molecule is CN(C)c1ccc(-c2cccnc2C(O)c2ncccc2-c2ccc(N(C)C)cc2)cc1. The van der Waals surface area contributed by atoms with Gasteiger partial charge in [-0.25, -0.2) is 0 Å². The van der Waals surface area contributed by atoms with Gasteiger partial charge >= 0.3 is 0 Å². The largest absolute Gasteiger partial charge is 0.380 e. The Bertz CT molecular complexity index is 1090. The molecule has 0 unspecified atom stereocenters. The highest BCUT2D eigenvalue weighted by molar-refractivity contribution is 5.72. The van der Waals surface area contributed by atoms with Crippen LogP contribution < -0.4 is 9.80 Å². The third-order valence-corrected chi connectivity index (χ3v) is 5.58. The maximum absolute atomic E-state index is 11.4. The van der Waals surface area contributed by atoms with Crippen molar-refractivity contribution in [1.29, 1.82) is 0 Å². The molecule has 1 N–H and O–H groups in total. The van der Waals surface area contributed by atoms with Crippen LogP contribution in [0.1, 0.15) is 17.5 Å². The topological polar surface area (TPSA) is 52.5 Å². The standard InChI is InChI=1S/C27H28N4O/c1-30(2)21-13-9-19(10-14-21)23-7-5-17-28-25(23)27(32)26-24(8-6-18-29-26)20-11-15-22(16-12-20)31(3)4/h5-18,27,32H,1-4H3. The number of aliphatic hydroxyl groups is 1. The zero-order valence-corrected chi connectivity index (χ0v) is 18.9. The van der Waals surface area contributed by atoms with E-state index in [4.69, 9.17) is 0 Å². The molecule has 0 spiro atoms. The van der Waals surface area contributed by atoms with Crippen molar-refractivity contribution < 1.29 is 5.11 Å². The summed E-state index contributed by atoms with van der Waals surface area (Å²) in [5, 5.41) is 11.4. The highest BCUT2D eigenvalue weighted by atomic mass is 16.3. The summed E-state index contributed by atoms with van der Waals surface area (Å²) in [6.45, 7) is 0. The number of aliphatic hydroxyl groups excluding tert-OH is 1. The van der Waals surface area contributed by atoms with Crippen LogP contribution in [0.2, 0.25) is 0 Å². The highest BCUT2D eigenvalue weighted by Gasteiger charge is 2.22. The van der Waals surface area contributed by atoms with Crippen LogP contribution in [-0.4, -0.2) is 43.3 Å². The maximum Gasteiger partial charge on any atom is 0.139 e. The number of aromatic nitrogens is 2. The molecule has 162 valence electrons. The van der Waals surface area contributed by atoms with Crippen molar-refractivity contribution in [1.82, 2.24) is 9.97 Å². The lowest BCUT2D eigenvalue weighted by Gasteiger charge is -2.19. The fourth-order valence-electron chi connectivity index (χ4n) is 3.77. The number of anilines is 2.